The molecule has 0 radical (unpaired) electrons. The molecule has 0 aliphatic rings. The first kappa shape index (κ1) is 18.5. The maximum Gasteiger partial charge on any atom is 0.241 e. The number of benzene rings is 1. The zero-order valence-electron chi connectivity index (χ0n) is 15.8. The van der Waals surface area contributed by atoms with E-state index in [-0.39, 0.29) is 18.3 Å². The van der Waals surface area contributed by atoms with Gasteiger partial charge in [0.1, 0.15) is 12.4 Å². The van der Waals surface area contributed by atoms with Gasteiger partial charge in [-0.1, -0.05) is 12.1 Å². The summed E-state index contributed by atoms with van der Waals surface area (Å²) in [5.74, 6) is -0.452. The number of carbonyl (C=O) groups is 1. The van der Waals surface area contributed by atoms with Crippen LogP contribution >= 0.6 is 0 Å². The summed E-state index contributed by atoms with van der Waals surface area (Å²) in [4.78, 5) is 16.5. The highest BCUT2D eigenvalue weighted by Gasteiger charge is 2.08. The van der Waals surface area contributed by atoms with Gasteiger partial charge in [0.2, 0.25) is 5.91 Å². The quantitative estimate of drug-likeness (QED) is 0.549. The van der Waals surface area contributed by atoms with Crippen LogP contribution in [0.25, 0.3) is 22.4 Å². The molecule has 4 rings (SSSR count). The second-order valence-corrected chi connectivity index (χ2v) is 6.63. The average molecular weight is 390 g/mol. The number of carbonyl (C=O) groups excluding carboxylic acids is 1. The molecule has 3 aromatic heterocycles. The molecule has 0 unspecified atom stereocenters. The largest absolute Gasteiger partial charge is 0.350 e. The van der Waals surface area contributed by atoms with Crippen molar-refractivity contribution in [2.24, 2.45) is 7.05 Å². The molecule has 0 bridgehead atoms. The Balaban J connectivity index is 1.36. The lowest BCUT2D eigenvalue weighted by molar-refractivity contribution is -0.122. The number of aromatic nitrogens is 5. The number of hydrogen-bond acceptors (Lipinski definition) is 4. The van der Waals surface area contributed by atoms with Gasteiger partial charge < -0.3 is 5.32 Å². The summed E-state index contributed by atoms with van der Waals surface area (Å²) in [6.07, 6.45) is 8.64. The molecule has 0 saturated heterocycles. The van der Waals surface area contributed by atoms with Crippen LogP contribution < -0.4 is 5.32 Å². The topological polar surface area (TPSA) is 77.6 Å². The minimum absolute atomic E-state index is 0.0933. The minimum atomic E-state index is -0.289. The monoisotopic (exact) mass is 390 g/mol. The van der Waals surface area contributed by atoms with Crippen LogP contribution in [0, 0.1) is 5.82 Å². The van der Waals surface area contributed by atoms with Crippen LogP contribution in [0.15, 0.2) is 67.4 Å². The van der Waals surface area contributed by atoms with Gasteiger partial charge in [-0.05, 0) is 35.4 Å². The van der Waals surface area contributed by atoms with Gasteiger partial charge in [0.25, 0.3) is 0 Å². The molecule has 0 aliphatic carbocycles. The predicted molar refractivity (Wildman–Crippen MR) is 106 cm³/mol. The third kappa shape index (κ3) is 4.37. The van der Waals surface area contributed by atoms with Crippen molar-refractivity contribution in [3.63, 3.8) is 0 Å². The van der Waals surface area contributed by atoms with E-state index in [1.165, 1.54) is 12.1 Å². The van der Waals surface area contributed by atoms with Crippen LogP contribution in [0.3, 0.4) is 0 Å². The Kier molecular flexibility index (Phi) is 5.15. The van der Waals surface area contributed by atoms with E-state index in [1.807, 2.05) is 19.2 Å². The van der Waals surface area contributed by atoms with E-state index in [2.05, 4.69) is 20.5 Å². The molecule has 0 saturated carbocycles. The first-order valence-electron chi connectivity index (χ1n) is 9.06. The van der Waals surface area contributed by atoms with Gasteiger partial charge in [0.15, 0.2) is 0 Å². The summed E-state index contributed by atoms with van der Waals surface area (Å²) in [6.45, 7) is 0.458. The Morgan fingerprint density at radius 3 is 2.62 bits per heavy atom. The standard InChI is InChI=1S/C21H19FN6O/c1-27-20(6-7-25-27)17-8-15(9-23-11-17)10-24-21(29)14-28-13-18(12-26-28)16-2-4-19(22)5-3-16/h2-9,11-13H,10,14H2,1H3,(H,24,29). The van der Waals surface area contributed by atoms with Gasteiger partial charge in [-0.3, -0.25) is 19.1 Å². The van der Waals surface area contributed by atoms with E-state index < -0.39 is 0 Å². The van der Waals surface area contributed by atoms with Gasteiger partial charge in [-0.25, -0.2) is 4.39 Å². The highest BCUT2D eigenvalue weighted by atomic mass is 19.1. The second kappa shape index (κ2) is 8.05. The van der Waals surface area contributed by atoms with Crippen LogP contribution in [0.5, 0.6) is 0 Å². The Morgan fingerprint density at radius 1 is 1.03 bits per heavy atom. The van der Waals surface area contributed by atoms with Crippen LogP contribution in [0.1, 0.15) is 5.56 Å². The van der Waals surface area contributed by atoms with Crippen molar-refractivity contribution in [3.05, 3.63) is 78.8 Å². The first-order chi connectivity index (χ1) is 14.1. The molecule has 3 heterocycles. The van der Waals surface area contributed by atoms with Crippen LogP contribution in [0.4, 0.5) is 4.39 Å². The molecule has 0 fully saturated rings. The van der Waals surface area contributed by atoms with E-state index >= 15 is 0 Å². The number of hydrogen-bond donors (Lipinski definition) is 1. The van der Waals surface area contributed by atoms with E-state index in [0.717, 1.165) is 27.9 Å². The van der Waals surface area contributed by atoms with Crippen molar-refractivity contribution in [1.82, 2.24) is 29.9 Å². The maximum atomic E-state index is 13.0. The lowest BCUT2D eigenvalue weighted by atomic mass is 10.1. The predicted octanol–water partition coefficient (Wildman–Crippen LogP) is 2.80. The summed E-state index contributed by atoms with van der Waals surface area (Å²) >= 11 is 0. The minimum Gasteiger partial charge on any atom is -0.350 e. The third-order valence-corrected chi connectivity index (χ3v) is 4.52. The Labute approximate surface area is 166 Å². The fraction of sp³-hybridized carbons (Fsp3) is 0.143. The number of rotatable bonds is 6. The van der Waals surface area contributed by atoms with E-state index in [1.54, 1.807) is 52.5 Å². The summed E-state index contributed by atoms with van der Waals surface area (Å²) in [5, 5.41) is 11.2. The third-order valence-electron chi connectivity index (χ3n) is 4.52. The summed E-state index contributed by atoms with van der Waals surface area (Å²) in [6, 6.07) is 10.0. The molecule has 0 atom stereocenters. The maximum absolute atomic E-state index is 13.0. The summed E-state index contributed by atoms with van der Waals surface area (Å²) in [7, 11) is 1.87. The molecule has 8 heteroatoms. The molecule has 146 valence electrons. The number of nitrogens with zero attached hydrogens (tertiary/aromatic N) is 5. The fourth-order valence-corrected chi connectivity index (χ4v) is 3.03. The van der Waals surface area contributed by atoms with Gasteiger partial charge >= 0.3 is 0 Å². The van der Waals surface area contributed by atoms with E-state index in [4.69, 9.17) is 0 Å². The van der Waals surface area contributed by atoms with Gasteiger partial charge in [-0.2, -0.15) is 10.2 Å². The highest BCUT2D eigenvalue weighted by Crippen LogP contribution is 2.19. The van der Waals surface area contributed by atoms with Gasteiger partial charge in [-0.15, -0.1) is 0 Å². The Hall–Kier alpha value is -3.81. The molecule has 0 aliphatic heterocycles. The van der Waals surface area contributed by atoms with Crippen molar-refractivity contribution >= 4 is 5.91 Å². The zero-order chi connectivity index (χ0) is 20.2. The molecule has 29 heavy (non-hydrogen) atoms. The molecule has 4 aromatic rings. The lowest BCUT2D eigenvalue weighted by Gasteiger charge is -2.07. The number of nitrogens with one attached hydrogen (secondary N) is 1. The Bertz CT molecular complexity index is 1130. The normalized spacial score (nSPS) is 10.8. The van der Waals surface area contributed by atoms with Crippen molar-refractivity contribution < 1.29 is 9.18 Å². The van der Waals surface area contributed by atoms with Gasteiger partial charge in [0, 0.05) is 49.5 Å². The average Bonchev–Trinajstić information content (AvgIpc) is 3.36. The number of pyridine rings is 1. The summed E-state index contributed by atoms with van der Waals surface area (Å²) < 4.78 is 16.4. The van der Waals surface area contributed by atoms with Crippen LogP contribution in [-0.2, 0) is 24.9 Å². The van der Waals surface area contributed by atoms with Crippen molar-refractivity contribution in [2.75, 3.05) is 0 Å². The SMILES string of the molecule is Cn1nccc1-c1cncc(CNC(=O)Cn2cc(-c3ccc(F)cc3)cn2)c1. The molecule has 1 N–H and O–H groups in total. The summed E-state index contributed by atoms with van der Waals surface area (Å²) in [5.41, 5.74) is 4.45. The molecular formula is C21H19FN6O. The molecule has 7 nitrogen and oxygen atoms in total. The fourth-order valence-electron chi connectivity index (χ4n) is 3.03. The van der Waals surface area contributed by atoms with Crippen molar-refractivity contribution in [1.29, 1.82) is 0 Å². The molecule has 1 aromatic carbocycles. The molecular weight excluding hydrogens is 371 g/mol. The Morgan fingerprint density at radius 2 is 1.86 bits per heavy atom. The van der Waals surface area contributed by atoms with Crippen LogP contribution in [0.2, 0.25) is 0 Å². The number of halogens is 1. The van der Waals surface area contributed by atoms with Crippen molar-refractivity contribution in [2.45, 2.75) is 13.1 Å². The van der Waals surface area contributed by atoms with Crippen molar-refractivity contribution in [3.8, 4) is 22.4 Å². The molecule has 1 amide bonds. The van der Waals surface area contributed by atoms with Gasteiger partial charge in [0.05, 0.1) is 11.9 Å². The van der Waals surface area contributed by atoms with E-state index in [0.29, 0.717) is 6.54 Å². The number of aryl methyl sites for hydroxylation is 1. The van der Waals surface area contributed by atoms with Crippen LogP contribution in [-0.4, -0.2) is 30.5 Å². The smallest absolute Gasteiger partial charge is 0.241 e. The lowest BCUT2D eigenvalue weighted by Crippen LogP contribution is -2.27. The highest BCUT2D eigenvalue weighted by molar-refractivity contribution is 5.76. The second-order valence-electron chi connectivity index (χ2n) is 6.63. The number of amides is 1. The first-order valence-corrected chi connectivity index (χ1v) is 9.06. The zero-order valence-corrected chi connectivity index (χ0v) is 15.8. The van der Waals surface area contributed by atoms with E-state index in [9.17, 15) is 9.18 Å². The molecule has 0 spiro atoms.